The lowest BCUT2D eigenvalue weighted by atomic mass is 10.1. The summed E-state index contributed by atoms with van der Waals surface area (Å²) in [6, 6.07) is 5.02. The second kappa shape index (κ2) is 6.76. The van der Waals surface area contributed by atoms with Crippen molar-refractivity contribution in [3.05, 3.63) is 63.4 Å². The molecule has 0 aromatic heterocycles. The van der Waals surface area contributed by atoms with Gasteiger partial charge in [-0.15, -0.1) is 6.58 Å². The molecule has 0 N–H and O–H groups in total. The minimum atomic E-state index is -3.60. The van der Waals surface area contributed by atoms with E-state index in [-0.39, 0.29) is 12.5 Å². The Bertz CT molecular complexity index is 1010. The lowest BCUT2D eigenvalue weighted by molar-refractivity contribution is 0.433. The van der Waals surface area contributed by atoms with E-state index in [0.717, 1.165) is 15.0 Å². The molecule has 28 heavy (non-hydrogen) atoms. The van der Waals surface area contributed by atoms with Crippen molar-refractivity contribution in [3.8, 4) is 0 Å². The number of hydrogen-bond acceptors (Lipinski definition) is 4. The summed E-state index contributed by atoms with van der Waals surface area (Å²) in [6.07, 6.45) is 5.31. The Balaban J connectivity index is 1.83. The summed E-state index contributed by atoms with van der Waals surface area (Å²) in [7, 11) is -1.69. The average Bonchev–Trinajstić information content (AvgIpc) is 3.29. The molecule has 0 bridgehead atoms. The van der Waals surface area contributed by atoms with Gasteiger partial charge in [-0.05, 0) is 73.1 Å². The van der Waals surface area contributed by atoms with Gasteiger partial charge < -0.3 is 9.80 Å². The van der Waals surface area contributed by atoms with Crippen LogP contribution in [-0.2, 0) is 10.0 Å². The van der Waals surface area contributed by atoms with Gasteiger partial charge in [0.25, 0.3) is 0 Å². The van der Waals surface area contributed by atoms with E-state index in [0.29, 0.717) is 37.2 Å². The van der Waals surface area contributed by atoms with Gasteiger partial charge in [0, 0.05) is 17.2 Å². The molecule has 0 spiro atoms. The molecule has 1 fully saturated rings. The molecule has 8 heteroatoms. The number of nitrogens with zero attached hydrogens (tertiary/aromatic N) is 3. The first-order valence-corrected chi connectivity index (χ1v) is 11.7. The minimum absolute atomic E-state index is 0.0809. The fraction of sp³-hybridized carbons (Fsp3) is 0.400. The van der Waals surface area contributed by atoms with Gasteiger partial charge in [-0.1, -0.05) is 11.6 Å². The van der Waals surface area contributed by atoms with Crippen LogP contribution < -0.4 is 4.90 Å². The molecule has 1 saturated carbocycles. The van der Waals surface area contributed by atoms with Gasteiger partial charge in [0.05, 0.1) is 16.1 Å². The van der Waals surface area contributed by atoms with Crippen molar-refractivity contribution in [1.29, 1.82) is 0 Å². The van der Waals surface area contributed by atoms with Crippen molar-refractivity contribution in [1.82, 2.24) is 9.21 Å². The monoisotopic (exact) mass is 515 g/mol. The van der Waals surface area contributed by atoms with Crippen LogP contribution in [0.1, 0.15) is 26.2 Å². The lowest BCUT2D eigenvalue weighted by Gasteiger charge is -2.31. The first kappa shape index (κ1) is 19.8. The Kier molecular flexibility index (Phi) is 4.77. The van der Waals surface area contributed by atoms with Gasteiger partial charge in [0.2, 0.25) is 10.0 Å². The second-order valence-corrected chi connectivity index (χ2v) is 11.3. The molecule has 0 unspecified atom stereocenters. The van der Waals surface area contributed by atoms with Crippen LogP contribution in [0.4, 0.5) is 10.1 Å². The summed E-state index contributed by atoms with van der Waals surface area (Å²) < 4.78 is 43.4. The van der Waals surface area contributed by atoms with E-state index >= 15 is 0 Å². The number of halogens is 2. The first-order chi connectivity index (χ1) is 13.2. The van der Waals surface area contributed by atoms with Crippen LogP contribution >= 0.6 is 22.6 Å². The van der Waals surface area contributed by atoms with Gasteiger partial charge in [0.1, 0.15) is 18.3 Å². The van der Waals surface area contributed by atoms with E-state index in [1.807, 2.05) is 31.0 Å². The summed E-state index contributed by atoms with van der Waals surface area (Å²) in [4.78, 5) is 3.76. The predicted octanol–water partition coefficient (Wildman–Crippen LogP) is 4.01. The zero-order valence-corrected chi connectivity index (χ0v) is 18.9. The standard InChI is InChI=1S/C20H23FIN3O2S/c1-4-7-20(8-9-20)28(26,27)25-13-24(17-6-5-15(22)11-16(17)21)19-18(25)10-14(2)12-23(19)3/h4-6,10-11H,1,7-9,12-13H2,2-3H3. The highest BCUT2D eigenvalue weighted by Crippen LogP contribution is 2.51. The topological polar surface area (TPSA) is 43.9 Å². The van der Waals surface area contributed by atoms with Crippen molar-refractivity contribution >= 4 is 38.3 Å². The molecule has 150 valence electrons. The molecule has 0 atom stereocenters. The zero-order valence-electron chi connectivity index (χ0n) is 16.0. The molecule has 0 radical (unpaired) electrons. The predicted molar refractivity (Wildman–Crippen MR) is 117 cm³/mol. The van der Waals surface area contributed by atoms with Crippen molar-refractivity contribution in [3.63, 3.8) is 0 Å². The number of likely N-dealkylation sites (N-methyl/N-ethyl adjacent to an activating group) is 1. The van der Waals surface area contributed by atoms with E-state index in [1.54, 1.807) is 17.0 Å². The third-order valence-electron chi connectivity index (χ3n) is 5.62. The van der Waals surface area contributed by atoms with Gasteiger partial charge in [-0.3, -0.25) is 0 Å². The van der Waals surface area contributed by atoms with Crippen LogP contribution in [0.2, 0.25) is 0 Å². The molecule has 2 aliphatic heterocycles. The van der Waals surface area contributed by atoms with Crippen molar-refractivity contribution in [2.24, 2.45) is 0 Å². The van der Waals surface area contributed by atoms with Crippen LogP contribution in [0.15, 0.2) is 54.0 Å². The Morgan fingerprint density at radius 3 is 2.68 bits per heavy atom. The van der Waals surface area contributed by atoms with Crippen LogP contribution in [0.3, 0.4) is 0 Å². The molecular weight excluding hydrogens is 492 g/mol. The van der Waals surface area contributed by atoms with Gasteiger partial charge in [-0.25, -0.2) is 17.1 Å². The Morgan fingerprint density at radius 1 is 1.36 bits per heavy atom. The zero-order chi connectivity index (χ0) is 20.3. The van der Waals surface area contributed by atoms with Gasteiger partial charge >= 0.3 is 0 Å². The smallest absolute Gasteiger partial charge is 0.242 e. The van der Waals surface area contributed by atoms with E-state index in [1.165, 1.54) is 10.4 Å². The molecule has 3 aliphatic rings. The number of anilines is 1. The van der Waals surface area contributed by atoms with Crippen LogP contribution in [-0.4, -0.2) is 42.6 Å². The van der Waals surface area contributed by atoms with Crippen molar-refractivity contribution < 1.29 is 12.8 Å². The Labute approximate surface area is 179 Å². The average molecular weight is 515 g/mol. The highest BCUT2D eigenvalue weighted by molar-refractivity contribution is 14.1. The Hall–Kier alpha value is -1.55. The highest BCUT2D eigenvalue weighted by Gasteiger charge is 2.58. The number of allylic oxidation sites excluding steroid dienone is 2. The summed E-state index contributed by atoms with van der Waals surface area (Å²) in [6.45, 7) is 6.47. The number of rotatable bonds is 5. The van der Waals surface area contributed by atoms with Crippen LogP contribution in [0.5, 0.6) is 0 Å². The minimum Gasteiger partial charge on any atom is -0.355 e. The maximum atomic E-state index is 14.8. The molecule has 0 amide bonds. The number of benzene rings is 1. The molecule has 4 rings (SSSR count). The fourth-order valence-corrected chi connectivity index (χ4v) is 6.62. The maximum Gasteiger partial charge on any atom is 0.242 e. The third-order valence-corrected chi connectivity index (χ3v) is 8.85. The largest absolute Gasteiger partial charge is 0.355 e. The van der Waals surface area contributed by atoms with Crippen LogP contribution in [0.25, 0.3) is 0 Å². The molecule has 1 aliphatic carbocycles. The van der Waals surface area contributed by atoms with E-state index in [4.69, 9.17) is 0 Å². The first-order valence-electron chi connectivity index (χ1n) is 9.18. The summed E-state index contributed by atoms with van der Waals surface area (Å²) in [5.74, 6) is 0.369. The summed E-state index contributed by atoms with van der Waals surface area (Å²) in [5, 5.41) is 0. The molecular formula is C20H23FIN3O2S. The van der Waals surface area contributed by atoms with Crippen molar-refractivity contribution in [2.45, 2.75) is 30.9 Å². The molecule has 2 heterocycles. The number of sulfonamides is 1. The normalized spacial score (nSPS) is 21.0. The maximum absolute atomic E-state index is 14.8. The summed E-state index contributed by atoms with van der Waals surface area (Å²) >= 11 is 2.07. The quantitative estimate of drug-likeness (QED) is 0.439. The fourth-order valence-electron chi connectivity index (χ4n) is 4.09. The number of hydrogen-bond donors (Lipinski definition) is 0. The van der Waals surface area contributed by atoms with Gasteiger partial charge in [0.15, 0.2) is 0 Å². The molecule has 5 nitrogen and oxygen atoms in total. The van der Waals surface area contributed by atoms with Crippen LogP contribution in [0, 0.1) is 9.39 Å². The molecule has 0 saturated heterocycles. The van der Waals surface area contributed by atoms with Gasteiger partial charge in [-0.2, -0.15) is 0 Å². The highest BCUT2D eigenvalue weighted by atomic mass is 127. The molecule has 1 aromatic carbocycles. The lowest BCUT2D eigenvalue weighted by Crippen LogP contribution is -2.40. The SMILES string of the molecule is C=CCC1(S(=O)(=O)N2CN(c3ccc(I)cc3F)C3=C2C=C(C)CN3C)CC1. The molecule has 1 aromatic rings. The van der Waals surface area contributed by atoms with E-state index in [2.05, 4.69) is 29.2 Å². The van der Waals surface area contributed by atoms with E-state index in [9.17, 15) is 12.8 Å². The third kappa shape index (κ3) is 2.96. The van der Waals surface area contributed by atoms with E-state index < -0.39 is 14.8 Å². The Morgan fingerprint density at radius 2 is 2.07 bits per heavy atom. The van der Waals surface area contributed by atoms with Crippen molar-refractivity contribution in [2.75, 3.05) is 25.2 Å². The summed E-state index contributed by atoms with van der Waals surface area (Å²) in [5.41, 5.74) is 2.08. The second-order valence-electron chi connectivity index (χ2n) is 7.75.